The molecule has 1 aromatic carbocycles. The number of anilines is 2. The third-order valence-electron chi connectivity index (χ3n) is 5.61. The molecule has 1 aromatic rings. The number of piperazine rings is 1. The van der Waals surface area contributed by atoms with Gasteiger partial charge in [-0.15, -0.1) is 0 Å². The minimum absolute atomic E-state index is 0.146. The minimum atomic E-state index is -5.02. The molecule has 0 aliphatic carbocycles. The second-order valence-corrected chi connectivity index (χ2v) is 12.1. The molecule has 0 bridgehead atoms. The summed E-state index contributed by atoms with van der Waals surface area (Å²) < 4.78 is 43.1. The number of ether oxygens (including phenoxy) is 1. The molecule has 1 atom stereocenters. The Balaban J connectivity index is 1.61. The van der Waals surface area contributed by atoms with Crippen molar-refractivity contribution in [3.05, 3.63) is 24.0 Å². The zero-order valence-electron chi connectivity index (χ0n) is 18.3. The Kier molecular flexibility index (Phi) is 8.03. The molecule has 2 saturated heterocycles. The van der Waals surface area contributed by atoms with Gasteiger partial charge in [0, 0.05) is 39.6 Å². The van der Waals surface area contributed by atoms with Crippen LogP contribution in [0.5, 0.6) is 0 Å². The highest BCUT2D eigenvalue weighted by Crippen LogP contribution is 2.60. The quantitative estimate of drug-likeness (QED) is 0.291. The van der Waals surface area contributed by atoms with Crippen LogP contribution in [-0.2, 0) is 18.7 Å². The average molecular weight is 524 g/mol. The molecule has 2 fully saturated rings. The Hall–Kier alpha value is -2.05. The lowest BCUT2D eigenvalue weighted by Gasteiger charge is -2.37. The van der Waals surface area contributed by atoms with E-state index in [0.29, 0.717) is 5.69 Å². The summed E-state index contributed by atoms with van der Waals surface area (Å²) in [7, 11) is -10.0. The Morgan fingerprint density at radius 3 is 2.32 bits per heavy atom. The van der Waals surface area contributed by atoms with E-state index in [1.807, 2.05) is 0 Å². The van der Waals surface area contributed by atoms with Crippen molar-refractivity contribution in [3.8, 4) is 0 Å². The van der Waals surface area contributed by atoms with Gasteiger partial charge in [-0.05, 0) is 18.2 Å². The number of nitrogens with zero attached hydrogens (tertiary/aromatic N) is 3. The number of benzene rings is 1. The zero-order valence-corrected chi connectivity index (χ0v) is 20.1. The van der Waals surface area contributed by atoms with E-state index in [-0.39, 0.29) is 50.9 Å². The largest absolute Gasteiger partial charge is 0.442 e. The number of amides is 2. The van der Waals surface area contributed by atoms with E-state index in [1.54, 1.807) is 11.0 Å². The smallest absolute Gasteiger partial charge is 0.414 e. The first-order valence-corrected chi connectivity index (χ1v) is 13.7. The number of hydrogen-bond donors (Lipinski definition) is 5. The molecule has 2 amide bonds. The number of halogens is 1. The number of cyclic esters (lactones) is 1. The molecule has 0 saturated carbocycles. The van der Waals surface area contributed by atoms with Crippen LogP contribution in [0.2, 0.25) is 0 Å². The first kappa shape index (κ1) is 26.6. The summed E-state index contributed by atoms with van der Waals surface area (Å²) in [5, 5.41) is 0.447. The van der Waals surface area contributed by atoms with Crippen LogP contribution in [-0.4, -0.2) is 93.8 Å². The first-order valence-electron chi connectivity index (χ1n) is 10.4. The molecule has 2 heterocycles. The van der Waals surface area contributed by atoms with Crippen molar-refractivity contribution < 1.29 is 47.4 Å². The van der Waals surface area contributed by atoms with Crippen LogP contribution < -0.4 is 15.1 Å². The molecular weight excluding hydrogens is 497 g/mol. The van der Waals surface area contributed by atoms with E-state index >= 15 is 0 Å². The van der Waals surface area contributed by atoms with Crippen molar-refractivity contribution in [2.45, 2.75) is 18.4 Å². The van der Waals surface area contributed by atoms with E-state index in [9.17, 15) is 42.7 Å². The predicted molar refractivity (Wildman–Crippen MR) is 119 cm³/mol. The van der Waals surface area contributed by atoms with Gasteiger partial charge in [0.25, 0.3) is 0 Å². The third kappa shape index (κ3) is 6.54. The summed E-state index contributed by atoms with van der Waals surface area (Å²) >= 11 is 0. The molecular formula is C18H27FN4O9P2. The Bertz CT molecular complexity index is 1000. The summed E-state index contributed by atoms with van der Waals surface area (Å²) in [6, 6.07) is 4.26. The van der Waals surface area contributed by atoms with Gasteiger partial charge in [0.05, 0.1) is 24.5 Å². The number of carbonyl (C=O) groups is 2. The molecule has 0 spiro atoms. The molecule has 190 valence electrons. The van der Waals surface area contributed by atoms with Crippen molar-refractivity contribution in [2.75, 3.05) is 55.6 Å². The third-order valence-corrected chi connectivity index (χ3v) is 9.29. The fourth-order valence-electron chi connectivity index (χ4n) is 3.83. The molecule has 1 unspecified atom stereocenters. The summed E-state index contributed by atoms with van der Waals surface area (Å²) in [4.78, 5) is 64.8. The maximum absolute atomic E-state index is 14.9. The lowest BCUT2D eigenvalue weighted by atomic mass is 10.2. The molecule has 13 nitrogen and oxygen atoms in total. The Labute approximate surface area is 194 Å². The van der Waals surface area contributed by atoms with Gasteiger partial charge in [0.2, 0.25) is 5.91 Å². The SMILES string of the molecule is CC(=O)NCC1CN(c2ccc(N3CCN(CC(P(=O)(O)O)P(=O)(O)O)CC3)c(F)c2)C(=O)O1. The number of rotatable bonds is 8. The maximum Gasteiger partial charge on any atom is 0.414 e. The monoisotopic (exact) mass is 524 g/mol. The van der Waals surface area contributed by atoms with Crippen LogP contribution >= 0.6 is 15.2 Å². The zero-order chi connectivity index (χ0) is 25.3. The first-order chi connectivity index (χ1) is 15.8. The fourth-order valence-corrected chi connectivity index (χ4v) is 6.28. The predicted octanol–water partition coefficient (Wildman–Crippen LogP) is 0.0905. The Morgan fingerprint density at radius 2 is 1.79 bits per heavy atom. The second-order valence-electron chi connectivity index (χ2n) is 8.14. The van der Waals surface area contributed by atoms with Crippen molar-refractivity contribution >= 4 is 38.6 Å². The summed E-state index contributed by atoms with van der Waals surface area (Å²) in [5.41, 5.74) is 0.550. The lowest BCUT2D eigenvalue weighted by molar-refractivity contribution is -0.119. The average Bonchev–Trinajstić information content (AvgIpc) is 3.10. The highest BCUT2D eigenvalue weighted by molar-refractivity contribution is 7.70. The normalized spacial score (nSPS) is 20.1. The van der Waals surface area contributed by atoms with Gasteiger partial charge in [0.15, 0.2) is 5.40 Å². The second kappa shape index (κ2) is 10.3. The number of hydrogen-bond acceptors (Lipinski definition) is 7. The maximum atomic E-state index is 14.9. The fraction of sp³-hybridized carbons (Fsp3) is 0.556. The highest BCUT2D eigenvalue weighted by Gasteiger charge is 2.44. The number of carbonyl (C=O) groups excluding carboxylic acids is 2. The van der Waals surface area contributed by atoms with Gasteiger partial charge in [-0.3, -0.25) is 23.7 Å². The molecule has 2 aliphatic rings. The van der Waals surface area contributed by atoms with E-state index < -0.39 is 45.2 Å². The van der Waals surface area contributed by atoms with Crippen LogP contribution in [0, 0.1) is 5.82 Å². The molecule has 0 aromatic heterocycles. The van der Waals surface area contributed by atoms with Gasteiger partial charge in [-0.2, -0.15) is 0 Å². The standard InChI is InChI=1S/C18H27FN4O9P2/c1-12(24)20-9-14-10-23(18(25)32-14)13-2-3-16(15(19)8-13)22-6-4-21(5-7-22)11-17(33(26,27)28)34(29,30)31/h2-3,8,14,17H,4-7,9-11H2,1H3,(H,20,24)(H2,26,27,28)(H2,29,30,31). The van der Waals surface area contributed by atoms with Crippen LogP contribution in [0.4, 0.5) is 20.6 Å². The van der Waals surface area contributed by atoms with Crippen molar-refractivity contribution in [1.82, 2.24) is 10.2 Å². The summed E-state index contributed by atoms with van der Waals surface area (Å²) in [5.74, 6) is -0.851. The molecule has 0 radical (unpaired) electrons. The molecule has 3 rings (SSSR count). The van der Waals surface area contributed by atoms with Crippen LogP contribution in [0.3, 0.4) is 0 Å². The van der Waals surface area contributed by atoms with Crippen LogP contribution in [0.1, 0.15) is 6.92 Å². The van der Waals surface area contributed by atoms with Crippen molar-refractivity contribution in [1.29, 1.82) is 0 Å². The Morgan fingerprint density at radius 1 is 1.18 bits per heavy atom. The van der Waals surface area contributed by atoms with Gasteiger partial charge in [-0.1, -0.05) is 0 Å². The van der Waals surface area contributed by atoms with Gasteiger partial charge in [-0.25, -0.2) is 9.18 Å². The lowest BCUT2D eigenvalue weighted by Crippen LogP contribution is -2.48. The van der Waals surface area contributed by atoms with Gasteiger partial charge < -0.3 is 34.5 Å². The molecule has 5 N–H and O–H groups in total. The van der Waals surface area contributed by atoms with Crippen LogP contribution in [0.25, 0.3) is 0 Å². The van der Waals surface area contributed by atoms with E-state index in [0.717, 1.165) is 0 Å². The van der Waals surface area contributed by atoms with Crippen molar-refractivity contribution in [3.63, 3.8) is 0 Å². The minimum Gasteiger partial charge on any atom is -0.442 e. The number of nitrogens with one attached hydrogen (secondary N) is 1. The molecule has 34 heavy (non-hydrogen) atoms. The van der Waals surface area contributed by atoms with Crippen LogP contribution in [0.15, 0.2) is 18.2 Å². The molecule has 16 heteroatoms. The van der Waals surface area contributed by atoms with E-state index in [1.165, 1.54) is 28.9 Å². The van der Waals surface area contributed by atoms with Gasteiger partial charge >= 0.3 is 21.3 Å². The topological polar surface area (TPSA) is 180 Å². The van der Waals surface area contributed by atoms with Crippen molar-refractivity contribution in [2.24, 2.45) is 0 Å². The van der Waals surface area contributed by atoms with E-state index in [4.69, 9.17) is 4.74 Å². The van der Waals surface area contributed by atoms with E-state index in [2.05, 4.69) is 5.32 Å². The highest BCUT2D eigenvalue weighted by atomic mass is 31.2. The molecule has 2 aliphatic heterocycles. The summed E-state index contributed by atoms with van der Waals surface area (Å²) in [6.07, 6.45) is -1.21. The van der Waals surface area contributed by atoms with Gasteiger partial charge in [0.1, 0.15) is 11.9 Å². The summed E-state index contributed by atoms with van der Waals surface area (Å²) in [6.45, 7) is 2.09.